The lowest BCUT2D eigenvalue weighted by Gasteiger charge is -2.35. The predicted octanol–water partition coefficient (Wildman–Crippen LogP) is 2.77. The highest BCUT2D eigenvalue weighted by atomic mass is 16.5. The summed E-state index contributed by atoms with van der Waals surface area (Å²) < 4.78 is 11.4. The molecule has 1 aliphatic heterocycles. The van der Waals surface area contributed by atoms with Crippen LogP contribution in [0.4, 0.5) is 17.3 Å². The smallest absolute Gasteiger partial charge is 0.247 e. The second-order valence-corrected chi connectivity index (χ2v) is 8.62. The van der Waals surface area contributed by atoms with Gasteiger partial charge < -0.3 is 30.5 Å². The number of nitrogens with one attached hydrogen (secondary N) is 3. The number of fused-ring (bicyclic) bond motifs is 1. The zero-order chi connectivity index (χ0) is 26.5. The number of amides is 1. The van der Waals surface area contributed by atoms with Crippen LogP contribution < -0.4 is 20.7 Å². The number of nitrogens with zero attached hydrogens (tertiary/aromatic N) is 4. The molecule has 3 aromatic heterocycles. The van der Waals surface area contributed by atoms with Gasteiger partial charge >= 0.3 is 0 Å². The van der Waals surface area contributed by atoms with Crippen LogP contribution in [0.25, 0.3) is 22.2 Å². The average Bonchev–Trinajstić information content (AvgIpc) is 2.97. The van der Waals surface area contributed by atoms with Crippen molar-refractivity contribution < 1.29 is 19.4 Å². The van der Waals surface area contributed by atoms with Gasteiger partial charge in [-0.15, -0.1) is 0 Å². The Morgan fingerprint density at radius 2 is 2.16 bits per heavy atom. The van der Waals surface area contributed by atoms with Gasteiger partial charge in [0, 0.05) is 42.1 Å². The number of benzene rings is 1. The second-order valence-electron chi connectivity index (χ2n) is 8.62. The summed E-state index contributed by atoms with van der Waals surface area (Å²) in [5.74, 6) is 0.342. The third kappa shape index (κ3) is 5.02. The molecule has 0 unspecified atom stereocenters. The molecule has 0 radical (unpaired) electrons. The van der Waals surface area contributed by atoms with Crippen LogP contribution in [-0.2, 0) is 15.1 Å². The fourth-order valence-electron chi connectivity index (χ4n) is 4.24. The van der Waals surface area contributed by atoms with E-state index in [4.69, 9.17) is 14.5 Å². The number of morpholine rings is 1. The first-order valence-corrected chi connectivity index (χ1v) is 12.0. The van der Waals surface area contributed by atoms with Gasteiger partial charge in [-0.2, -0.15) is 0 Å². The molecule has 1 amide bonds. The SMILES string of the molecule is C=CC(=O)Nc1ccnc(-c2cccc3cnc(Nc4ccc([C@]5(CO)CNCCO5)nc4OC)nc23)c1. The number of aliphatic hydroxyl groups excluding tert-OH is 1. The van der Waals surface area contributed by atoms with Crippen LogP contribution >= 0.6 is 0 Å². The van der Waals surface area contributed by atoms with E-state index in [2.05, 4.69) is 37.5 Å². The summed E-state index contributed by atoms with van der Waals surface area (Å²) in [6, 6.07) is 12.8. The van der Waals surface area contributed by atoms with E-state index in [9.17, 15) is 9.90 Å². The molecule has 194 valence electrons. The monoisotopic (exact) mass is 513 g/mol. The fraction of sp³-hybridized carbons (Fsp3) is 0.222. The zero-order valence-corrected chi connectivity index (χ0v) is 20.8. The minimum Gasteiger partial charge on any atom is -0.480 e. The van der Waals surface area contributed by atoms with Crippen LogP contribution in [0.2, 0.25) is 0 Å². The molecule has 11 nitrogen and oxygen atoms in total. The summed E-state index contributed by atoms with van der Waals surface area (Å²) in [5, 5.41) is 20.0. The highest BCUT2D eigenvalue weighted by Gasteiger charge is 2.37. The summed E-state index contributed by atoms with van der Waals surface area (Å²) in [4.78, 5) is 30.0. The van der Waals surface area contributed by atoms with E-state index in [1.54, 1.807) is 36.7 Å². The molecular weight excluding hydrogens is 486 g/mol. The Bertz CT molecular complexity index is 1490. The maximum atomic E-state index is 11.7. The van der Waals surface area contributed by atoms with Crippen molar-refractivity contribution in [3.05, 3.63) is 73.2 Å². The van der Waals surface area contributed by atoms with Gasteiger partial charge in [-0.05, 0) is 30.3 Å². The van der Waals surface area contributed by atoms with Crippen molar-refractivity contribution in [1.82, 2.24) is 25.3 Å². The number of aliphatic hydroxyl groups is 1. The van der Waals surface area contributed by atoms with E-state index in [0.29, 0.717) is 59.8 Å². The van der Waals surface area contributed by atoms with E-state index >= 15 is 0 Å². The summed E-state index contributed by atoms with van der Waals surface area (Å²) in [7, 11) is 1.52. The number of pyridine rings is 2. The number of rotatable bonds is 8. The molecule has 0 bridgehead atoms. The van der Waals surface area contributed by atoms with Crippen molar-refractivity contribution in [1.29, 1.82) is 0 Å². The lowest BCUT2D eigenvalue weighted by atomic mass is 9.98. The van der Waals surface area contributed by atoms with Gasteiger partial charge in [-0.3, -0.25) is 9.78 Å². The Morgan fingerprint density at radius 3 is 2.92 bits per heavy atom. The van der Waals surface area contributed by atoms with Gasteiger partial charge in [-0.25, -0.2) is 15.0 Å². The maximum Gasteiger partial charge on any atom is 0.247 e. The molecule has 1 aliphatic rings. The van der Waals surface area contributed by atoms with E-state index < -0.39 is 5.60 Å². The fourth-order valence-corrected chi connectivity index (χ4v) is 4.24. The third-order valence-electron chi connectivity index (χ3n) is 6.19. The summed E-state index contributed by atoms with van der Waals surface area (Å²) >= 11 is 0. The molecule has 1 fully saturated rings. The Hall–Kier alpha value is -4.45. The molecule has 4 heterocycles. The van der Waals surface area contributed by atoms with E-state index in [1.165, 1.54) is 13.2 Å². The Kier molecular flexibility index (Phi) is 7.22. The molecule has 5 rings (SSSR count). The Balaban J connectivity index is 1.48. The Morgan fingerprint density at radius 1 is 1.26 bits per heavy atom. The van der Waals surface area contributed by atoms with Gasteiger partial charge in [0.15, 0.2) is 0 Å². The largest absolute Gasteiger partial charge is 0.480 e. The lowest BCUT2D eigenvalue weighted by molar-refractivity contribution is -0.111. The van der Waals surface area contributed by atoms with Crippen molar-refractivity contribution >= 4 is 34.1 Å². The number of aromatic nitrogens is 4. The standard InChI is InChI=1S/C27H27N7O4/c1-3-23(36)31-18-9-10-29-21(13-18)19-6-4-5-17-14-30-26(34-24(17)19)32-20-7-8-22(33-25(20)37-2)27(16-35)15-28-11-12-38-27/h3-10,13-14,28,35H,1,11-12,15-16H2,2H3,(H,29,31,36)(H,30,32,34)/t27-/m1/s1. The van der Waals surface area contributed by atoms with Crippen LogP contribution in [0.3, 0.4) is 0 Å². The molecule has 4 N–H and O–H groups in total. The van der Waals surface area contributed by atoms with Gasteiger partial charge in [0.25, 0.3) is 0 Å². The van der Waals surface area contributed by atoms with Gasteiger partial charge in [-0.1, -0.05) is 24.8 Å². The van der Waals surface area contributed by atoms with Crippen molar-refractivity contribution in [2.45, 2.75) is 5.60 Å². The number of para-hydroxylation sites is 1. The third-order valence-corrected chi connectivity index (χ3v) is 6.19. The van der Waals surface area contributed by atoms with Crippen LogP contribution in [-0.4, -0.2) is 64.4 Å². The first-order chi connectivity index (χ1) is 18.5. The van der Waals surface area contributed by atoms with E-state index in [0.717, 1.165) is 10.9 Å². The number of ether oxygens (including phenoxy) is 2. The molecule has 38 heavy (non-hydrogen) atoms. The number of hydrogen-bond donors (Lipinski definition) is 4. The van der Waals surface area contributed by atoms with Crippen LogP contribution in [0.5, 0.6) is 5.88 Å². The summed E-state index contributed by atoms with van der Waals surface area (Å²) in [6.07, 6.45) is 4.55. The van der Waals surface area contributed by atoms with Crippen molar-refractivity contribution in [2.75, 3.05) is 44.0 Å². The van der Waals surface area contributed by atoms with Gasteiger partial charge in [0.1, 0.15) is 11.3 Å². The van der Waals surface area contributed by atoms with Crippen molar-refractivity contribution in [3.63, 3.8) is 0 Å². The first kappa shape index (κ1) is 25.2. The molecule has 1 atom stereocenters. The normalized spacial score (nSPS) is 17.1. The lowest BCUT2D eigenvalue weighted by Crippen LogP contribution is -2.50. The zero-order valence-electron chi connectivity index (χ0n) is 20.8. The average molecular weight is 514 g/mol. The molecule has 0 spiro atoms. The highest BCUT2D eigenvalue weighted by Crippen LogP contribution is 2.33. The number of anilines is 3. The molecule has 1 aromatic carbocycles. The molecule has 1 saturated heterocycles. The van der Waals surface area contributed by atoms with Gasteiger partial charge in [0.2, 0.25) is 17.7 Å². The predicted molar refractivity (Wildman–Crippen MR) is 143 cm³/mol. The molecule has 0 saturated carbocycles. The van der Waals surface area contributed by atoms with Gasteiger partial charge in [0.05, 0.1) is 37.2 Å². The molecular formula is C27H27N7O4. The second kappa shape index (κ2) is 10.9. The minimum atomic E-state index is -0.939. The molecule has 11 heteroatoms. The maximum absolute atomic E-state index is 11.7. The Labute approximate surface area is 219 Å². The quantitative estimate of drug-likeness (QED) is 0.260. The van der Waals surface area contributed by atoms with E-state index in [1.807, 2.05) is 18.2 Å². The highest BCUT2D eigenvalue weighted by molar-refractivity contribution is 5.99. The summed E-state index contributed by atoms with van der Waals surface area (Å²) in [6.45, 7) is 4.89. The summed E-state index contributed by atoms with van der Waals surface area (Å²) in [5.41, 5.74) is 2.86. The van der Waals surface area contributed by atoms with E-state index in [-0.39, 0.29) is 12.5 Å². The number of carbonyl (C=O) groups is 1. The van der Waals surface area contributed by atoms with Crippen LogP contribution in [0.15, 0.2) is 67.5 Å². The molecule has 4 aromatic rings. The number of hydrogen-bond acceptors (Lipinski definition) is 10. The minimum absolute atomic E-state index is 0.216. The van der Waals surface area contributed by atoms with Crippen molar-refractivity contribution in [3.8, 4) is 17.1 Å². The van der Waals surface area contributed by atoms with Crippen molar-refractivity contribution in [2.24, 2.45) is 0 Å². The van der Waals surface area contributed by atoms with Crippen LogP contribution in [0.1, 0.15) is 5.69 Å². The number of methoxy groups -OCH3 is 1. The first-order valence-electron chi connectivity index (χ1n) is 12.0. The number of carbonyl (C=O) groups excluding carboxylic acids is 1. The topological polar surface area (TPSA) is 143 Å². The molecule has 0 aliphatic carbocycles. The van der Waals surface area contributed by atoms with Crippen LogP contribution in [0, 0.1) is 0 Å².